The minimum Gasteiger partial charge on any atom is -0.469 e. The molecule has 0 spiro atoms. The number of hydrogen-bond donors (Lipinski definition) is 2. The van der Waals surface area contributed by atoms with E-state index < -0.39 is 17.9 Å². The first kappa shape index (κ1) is 26.4. The summed E-state index contributed by atoms with van der Waals surface area (Å²) >= 11 is 0. The number of carbonyl (C=O) groups is 3. The number of nitriles is 1. The second-order valence-electron chi connectivity index (χ2n) is 10.8. The van der Waals surface area contributed by atoms with Crippen LogP contribution in [0.4, 0.5) is 0 Å². The van der Waals surface area contributed by atoms with Crippen LogP contribution in [0.15, 0.2) is 40.8 Å². The number of carbonyl (C=O) groups excluding carboxylic acids is 3. The largest absolute Gasteiger partial charge is 0.469 e. The van der Waals surface area contributed by atoms with Gasteiger partial charge in [0.05, 0.1) is 24.7 Å². The first-order valence-corrected chi connectivity index (χ1v) is 12.7. The van der Waals surface area contributed by atoms with Crippen molar-refractivity contribution in [1.82, 2.24) is 15.5 Å². The van der Waals surface area contributed by atoms with E-state index >= 15 is 0 Å². The average Bonchev–Trinajstić information content (AvgIpc) is 3.50. The highest BCUT2D eigenvalue weighted by atomic mass is 16.5. The summed E-state index contributed by atoms with van der Waals surface area (Å²) in [6.45, 7) is 6.75. The van der Waals surface area contributed by atoms with Crippen LogP contribution < -0.4 is 10.6 Å². The summed E-state index contributed by atoms with van der Waals surface area (Å²) in [6, 6.07) is 11.4. The van der Waals surface area contributed by atoms with Crippen LogP contribution in [-0.2, 0) is 14.3 Å². The van der Waals surface area contributed by atoms with E-state index in [0.29, 0.717) is 37.1 Å². The molecule has 0 unspecified atom stereocenters. The van der Waals surface area contributed by atoms with E-state index in [-0.39, 0.29) is 35.3 Å². The molecule has 0 bridgehead atoms. The Morgan fingerprint density at radius 2 is 1.84 bits per heavy atom. The lowest BCUT2D eigenvalue weighted by Gasteiger charge is -2.41. The SMILES string of the molecule is COC(=O)[C@@H]1C[C@H](NC(C)(C)C)CC[C@@H]1N1CC[C@H](NC(=O)c2ccc(-c3ccc(C#N)cc3)o2)C1=O. The molecule has 9 heteroatoms. The molecule has 1 saturated heterocycles. The molecule has 1 saturated carbocycles. The van der Waals surface area contributed by atoms with Crippen LogP contribution in [0.5, 0.6) is 0 Å². The highest BCUT2D eigenvalue weighted by molar-refractivity contribution is 5.96. The van der Waals surface area contributed by atoms with E-state index in [0.717, 1.165) is 12.0 Å². The second kappa shape index (κ2) is 10.8. The Kier molecular flexibility index (Phi) is 7.69. The summed E-state index contributed by atoms with van der Waals surface area (Å²) in [7, 11) is 1.38. The van der Waals surface area contributed by atoms with E-state index in [1.807, 2.05) is 0 Å². The molecule has 4 rings (SSSR count). The average molecular weight is 507 g/mol. The standard InChI is InChI=1S/C28H34N4O5/c1-28(2,3)31-19-9-10-22(20(15-19)27(35)36-4)32-14-13-21(26(32)34)30-25(33)24-12-11-23(37-24)18-7-5-17(16-29)6-8-18/h5-8,11-12,19-22,31H,9-10,13-15H2,1-4H3,(H,30,33)/t19-,20-,21+,22+/m1/s1. The Bertz CT molecular complexity index is 1190. The maximum absolute atomic E-state index is 13.3. The van der Waals surface area contributed by atoms with Crippen molar-refractivity contribution in [3.05, 3.63) is 47.7 Å². The molecule has 37 heavy (non-hydrogen) atoms. The third-order valence-electron chi connectivity index (χ3n) is 7.03. The second-order valence-corrected chi connectivity index (χ2v) is 10.8. The van der Waals surface area contributed by atoms with Gasteiger partial charge in [-0.1, -0.05) is 0 Å². The Morgan fingerprint density at radius 1 is 1.11 bits per heavy atom. The first-order chi connectivity index (χ1) is 17.6. The number of hydrogen-bond acceptors (Lipinski definition) is 7. The van der Waals surface area contributed by atoms with Gasteiger partial charge in [-0.2, -0.15) is 5.26 Å². The molecule has 1 aliphatic heterocycles. The molecule has 1 aliphatic carbocycles. The predicted molar refractivity (Wildman–Crippen MR) is 136 cm³/mol. The zero-order chi connectivity index (χ0) is 26.7. The lowest BCUT2D eigenvalue weighted by molar-refractivity contribution is -0.151. The van der Waals surface area contributed by atoms with Crippen molar-refractivity contribution in [2.75, 3.05) is 13.7 Å². The van der Waals surface area contributed by atoms with Gasteiger partial charge in [-0.3, -0.25) is 14.4 Å². The van der Waals surface area contributed by atoms with Gasteiger partial charge in [0, 0.05) is 29.7 Å². The van der Waals surface area contributed by atoms with Crippen molar-refractivity contribution in [2.45, 2.75) is 70.1 Å². The maximum atomic E-state index is 13.3. The minimum absolute atomic E-state index is 0.0805. The summed E-state index contributed by atoms with van der Waals surface area (Å²) in [5.41, 5.74) is 1.19. The van der Waals surface area contributed by atoms with Crippen molar-refractivity contribution < 1.29 is 23.5 Å². The van der Waals surface area contributed by atoms with Crippen molar-refractivity contribution in [3.63, 3.8) is 0 Å². The van der Waals surface area contributed by atoms with Crippen LogP contribution in [0.1, 0.15) is 62.6 Å². The molecule has 1 aromatic carbocycles. The van der Waals surface area contributed by atoms with Gasteiger partial charge in [0.1, 0.15) is 11.8 Å². The minimum atomic E-state index is -0.681. The first-order valence-electron chi connectivity index (χ1n) is 12.7. The summed E-state index contributed by atoms with van der Waals surface area (Å²) in [5, 5.41) is 15.3. The number of furan rings is 1. The fourth-order valence-corrected chi connectivity index (χ4v) is 5.39. The van der Waals surface area contributed by atoms with Crippen LogP contribution in [-0.4, -0.2) is 60.0 Å². The van der Waals surface area contributed by atoms with Gasteiger partial charge in [0.15, 0.2) is 5.76 Å². The molecule has 0 radical (unpaired) electrons. The zero-order valence-corrected chi connectivity index (χ0v) is 21.7. The summed E-state index contributed by atoms with van der Waals surface area (Å²) in [6.07, 6.45) is 2.59. The Labute approximate surface area is 217 Å². The van der Waals surface area contributed by atoms with Crippen molar-refractivity contribution in [1.29, 1.82) is 5.26 Å². The van der Waals surface area contributed by atoms with Gasteiger partial charge in [-0.25, -0.2) is 0 Å². The topological polar surface area (TPSA) is 125 Å². The van der Waals surface area contributed by atoms with Crippen LogP contribution in [0.3, 0.4) is 0 Å². The molecule has 2 aromatic rings. The highest BCUT2D eigenvalue weighted by Crippen LogP contribution is 2.33. The van der Waals surface area contributed by atoms with Crippen LogP contribution >= 0.6 is 0 Å². The van der Waals surface area contributed by atoms with Crippen molar-refractivity contribution >= 4 is 17.8 Å². The Hall–Kier alpha value is -3.64. The molecule has 2 fully saturated rings. The molecule has 9 nitrogen and oxygen atoms in total. The van der Waals surface area contributed by atoms with Gasteiger partial charge in [-0.15, -0.1) is 0 Å². The van der Waals surface area contributed by atoms with Crippen LogP contribution in [0.2, 0.25) is 0 Å². The smallest absolute Gasteiger partial charge is 0.310 e. The fraction of sp³-hybridized carbons (Fsp3) is 0.500. The molecule has 2 amide bonds. The monoisotopic (exact) mass is 506 g/mol. The molecule has 2 heterocycles. The van der Waals surface area contributed by atoms with Gasteiger partial charge < -0.3 is 24.7 Å². The number of esters is 1. The Balaban J connectivity index is 1.40. The number of rotatable bonds is 6. The van der Waals surface area contributed by atoms with Crippen LogP contribution in [0.25, 0.3) is 11.3 Å². The quantitative estimate of drug-likeness (QED) is 0.576. The number of methoxy groups -OCH3 is 1. The normalized spacial score (nSPS) is 24.0. The van der Waals surface area contributed by atoms with E-state index in [2.05, 4.69) is 37.5 Å². The van der Waals surface area contributed by atoms with Gasteiger partial charge in [0.25, 0.3) is 5.91 Å². The number of ether oxygens (including phenoxy) is 1. The van der Waals surface area contributed by atoms with E-state index in [9.17, 15) is 14.4 Å². The van der Waals surface area contributed by atoms with E-state index in [1.165, 1.54) is 7.11 Å². The van der Waals surface area contributed by atoms with Gasteiger partial charge in [0.2, 0.25) is 5.91 Å². The molecular weight excluding hydrogens is 472 g/mol. The highest BCUT2D eigenvalue weighted by Gasteiger charge is 2.45. The zero-order valence-electron chi connectivity index (χ0n) is 21.7. The molecular formula is C28H34N4O5. The third-order valence-corrected chi connectivity index (χ3v) is 7.03. The number of nitrogens with zero attached hydrogens (tertiary/aromatic N) is 2. The van der Waals surface area contributed by atoms with E-state index in [4.69, 9.17) is 14.4 Å². The molecule has 4 atom stereocenters. The lowest BCUT2D eigenvalue weighted by Crippen LogP contribution is -2.55. The van der Waals surface area contributed by atoms with Crippen molar-refractivity contribution in [2.24, 2.45) is 5.92 Å². The number of nitrogens with one attached hydrogen (secondary N) is 2. The summed E-state index contributed by atoms with van der Waals surface area (Å²) < 4.78 is 10.8. The number of amides is 2. The number of benzene rings is 1. The predicted octanol–water partition coefficient (Wildman–Crippen LogP) is 3.25. The van der Waals surface area contributed by atoms with Crippen LogP contribution in [0, 0.1) is 17.2 Å². The molecule has 1 aromatic heterocycles. The summed E-state index contributed by atoms with van der Waals surface area (Å²) in [4.78, 5) is 40.6. The third kappa shape index (κ3) is 6.03. The van der Waals surface area contributed by atoms with Gasteiger partial charge >= 0.3 is 5.97 Å². The van der Waals surface area contributed by atoms with Gasteiger partial charge in [-0.05, 0) is 82.9 Å². The van der Waals surface area contributed by atoms with E-state index in [1.54, 1.807) is 41.3 Å². The fourth-order valence-electron chi connectivity index (χ4n) is 5.39. The molecule has 196 valence electrons. The number of likely N-dealkylation sites (tertiary alicyclic amines) is 1. The van der Waals surface area contributed by atoms with Crippen molar-refractivity contribution in [3.8, 4) is 17.4 Å². The Morgan fingerprint density at radius 3 is 2.49 bits per heavy atom. The lowest BCUT2D eigenvalue weighted by atomic mass is 9.80. The molecule has 2 aliphatic rings. The summed E-state index contributed by atoms with van der Waals surface area (Å²) in [5.74, 6) is -0.785. The maximum Gasteiger partial charge on any atom is 0.310 e. The molecule has 2 N–H and O–H groups in total.